The van der Waals surface area contributed by atoms with Crippen LogP contribution in [0.4, 0.5) is 0 Å². The summed E-state index contributed by atoms with van der Waals surface area (Å²) in [5, 5.41) is 6.47. The fraction of sp³-hybridized carbons (Fsp3) is 0.882. The van der Waals surface area contributed by atoms with Gasteiger partial charge in [0.05, 0.1) is 13.5 Å². The average Bonchev–Trinajstić information content (AvgIpc) is 2.54. The van der Waals surface area contributed by atoms with Crippen LogP contribution >= 0.6 is 0 Å². The number of piperidine rings is 1. The first-order valence-corrected chi connectivity index (χ1v) is 8.55. The molecule has 1 aliphatic heterocycles. The zero-order valence-corrected chi connectivity index (χ0v) is 14.5. The minimum absolute atomic E-state index is 0.0543. The van der Waals surface area contributed by atoms with Gasteiger partial charge < -0.3 is 15.4 Å². The second kappa shape index (κ2) is 9.13. The lowest BCUT2D eigenvalue weighted by Gasteiger charge is -2.33. The first kappa shape index (κ1) is 18.9. The molecule has 1 amide bonds. The average molecular weight is 312 g/mol. The number of hydrogen-bond donors (Lipinski definition) is 2. The first-order valence-electron chi connectivity index (χ1n) is 8.55. The third kappa shape index (κ3) is 5.59. The SMILES string of the molecule is CCC(CC)(CC(=O)OC)NC(=O)CC(C)C1CCNCC1. The van der Waals surface area contributed by atoms with Crippen molar-refractivity contribution < 1.29 is 14.3 Å². The Bertz CT molecular complexity index is 361. The summed E-state index contributed by atoms with van der Waals surface area (Å²) in [5.41, 5.74) is -0.474. The molecule has 0 aromatic carbocycles. The molecule has 0 aromatic rings. The highest BCUT2D eigenvalue weighted by Gasteiger charge is 2.32. The molecule has 1 atom stereocenters. The molecule has 5 nitrogen and oxygen atoms in total. The third-order valence-corrected chi connectivity index (χ3v) is 5.16. The Kier molecular flexibility index (Phi) is 7.87. The van der Waals surface area contributed by atoms with E-state index in [9.17, 15) is 9.59 Å². The van der Waals surface area contributed by atoms with E-state index in [1.54, 1.807) is 0 Å². The summed E-state index contributed by atoms with van der Waals surface area (Å²) in [7, 11) is 1.39. The van der Waals surface area contributed by atoms with Gasteiger partial charge in [0.1, 0.15) is 0 Å². The van der Waals surface area contributed by atoms with Gasteiger partial charge in [-0.25, -0.2) is 0 Å². The van der Waals surface area contributed by atoms with Gasteiger partial charge in [0.15, 0.2) is 0 Å². The number of carbonyl (C=O) groups is 2. The second-order valence-corrected chi connectivity index (χ2v) is 6.56. The Morgan fingerprint density at radius 2 is 1.86 bits per heavy atom. The molecule has 0 radical (unpaired) electrons. The van der Waals surface area contributed by atoms with Gasteiger partial charge in [0.2, 0.25) is 5.91 Å². The van der Waals surface area contributed by atoms with Crippen molar-refractivity contribution in [1.29, 1.82) is 0 Å². The maximum atomic E-state index is 12.4. The van der Waals surface area contributed by atoms with Gasteiger partial charge in [-0.2, -0.15) is 0 Å². The van der Waals surface area contributed by atoms with Gasteiger partial charge in [-0.05, 0) is 50.6 Å². The Balaban J connectivity index is 2.56. The summed E-state index contributed by atoms with van der Waals surface area (Å²) in [4.78, 5) is 24.0. The van der Waals surface area contributed by atoms with Crippen LogP contribution in [0.25, 0.3) is 0 Å². The van der Waals surface area contributed by atoms with Crippen molar-refractivity contribution in [2.45, 2.75) is 64.8 Å². The van der Waals surface area contributed by atoms with Crippen LogP contribution in [0.1, 0.15) is 59.3 Å². The maximum absolute atomic E-state index is 12.4. The third-order valence-electron chi connectivity index (χ3n) is 5.16. The van der Waals surface area contributed by atoms with Crippen LogP contribution in [-0.4, -0.2) is 37.6 Å². The number of ether oxygens (including phenoxy) is 1. The molecule has 5 heteroatoms. The maximum Gasteiger partial charge on any atom is 0.307 e. The second-order valence-electron chi connectivity index (χ2n) is 6.56. The summed E-state index contributed by atoms with van der Waals surface area (Å²) in [5.74, 6) is 0.783. The summed E-state index contributed by atoms with van der Waals surface area (Å²) in [6.45, 7) is 8.26. The number of nitrogens with one attached hydrogen (secondary N) is 2. The van der Waals surface area contributed by atoms with E-state index in [0.29, 0.717) is 18.3 Å². The van der Waals surface area contributed by atoms with Crippen LogP contribution in [0.15, 0.2) is 0 Å². The van der Waals surface area contributed by atoms with E-state index in [4.69, 9.17) is 4.74 Å². The van der Waals surface area contributed by atoms with Gasteiger partial charge in [0.25, 0.3) is 0 Å². The molecule has 0 spiro atoms. The smallest absolute Gasteiger partial charge is 0.307 e. The summed E-state index contributed by atoms with van der Waals surface area (Å²) < 4.78 is 4.77. The van der Waals surface area contributed by atoms with Crippen LogP contribution in [0.5, 0.6) is 0 Å². The fourth-order valence-corrected chi connectivity index (χ4v) is 3.29. The van der Waals surface area contributed by atoms with E-state index in [1.807, 2.05) is 13.8 Å². The van der Waals surface area contributed by atoms with E-state index in [0.717, 1.165) is 38.8 Å². The van der Waals surface area contributed by atoms with Crippen molar-refractivity contribution in [3.63, 3.8) is 0 Å². The van der Waals surface area contributed by atoms with Crippen LogP contribution < -0.4 is 10.6 Å². The van der Waals surface area contributed by atoms with Gasteiger partial charge in [-0.15, -0.1) is 0 Å². The van der Waals surface area contributed by atoms with E-state index in [2.05, 4.69) is 17.6 Å². The molecular formula is C17H32N2O3. The number of rotatable bonds is 8. The summed E-state index contributed by atoms with van der Waals surface area (Å²) in [6, 6.07) is 0. The number of methoxy groups -OCH3 is 1. The quantitative estimate of drug-likeness (QED) is 0.675. The van der Waals surface area contributed by atoms with Crippen LogP contribution in [0.2, 0.25) is 0 Å². The fourth-order valence-electron chi connectivity index (χ4n) is 3.29. The zero-order valence-electron chi connectivity index (χ0n) is 14.5. The van der Waals surface area contributed by atoms with Crippen molar-refractivity contribution in [2.24, 2.45) is 11.8 Å². The molecule has 1 unspecified atom stereocenters. The molecule has 0 aromatic heterocycles. The minimum atomic E-state index is -0.474. The lowest BCUT2D eigenvalue weighted by molar-refractivity contribution is -0.143. The van der Waals surface area contributed by atoms with Crippen LogP contribution in [0.3, 0.4) is 0 Å². The molecule has 1 rings (SSSR count). The Labute approximate surface area is 134 Å². The lowest BCUT2D eigenvalue weighted by Crippen LogP contribution is -2.49. The van der Waals surface area contributed by atoms with Crippen molar-refractivity contribution in [3.8, 4) is 0 Å². The topological polar surface area (TPSA) is 67.4 Å². The highest BCUT2D eigenvalue weighted by molar-refractivity contribution is 5.78. The monoisotopic (exact) mass is 312 g/mol. The number of amides is 1. The molecule has 1 heterocycles. The van der Waals surface area contributed by atoms with E-state index >= 15 is 0 Å². The molecule has 0 bridgehead atoms. The molecule has 22 heavy (non-hydrogen) atoms. The molecule has 2 N–H and O–H groups in total. The molecule has 1 saturated heterocycles. The van der Waals surface area contributed by atoms with Crippen molar-refractivity contribution in [1.82, 2.24) is 10.6 Å². The van der Waals surface area contributed by atoms with Crippen molar-refractivity contribution in [2.75, 3.05) is 20.2 Å². The van der Waals surface area contributed by atoms with Crippen molar-refractivity contribution >= 4 is 11.9 Å². The Morgan fingerprint density at radius 1 is 1.27 bits per heavy atom. The lowest BCUT2D eigenvalue weighted by atomic mass is 9.83. The number of hydrogen-bond acceptors (Lipinski definition) is 4. The van der Waals surface area contributed by atoms with Gasteiger partial charge in [0, 0.05) is 12.0 Å². The van der Waals surface area contributed by atoms with Gasteiger partial charge in [-0.1, -0.05) is 20.8 Å². The predicted molar refractivity (Wildman–Crippen MR) is 87.5 cm³/mol. The summed E-state index contributed by atoms with van der Waals surface area (Å²) in [6.07, 6.45) is 4.52. The Hall–Kier alpha value is -1.10. The van der Waals surface area contributed by atoms with E-state index in [1.165, 1.54) is 7.11 Å². The van der Waals surface area contributed by atoms with Gasteiger partial charge >= 0.3 is 5.97 Å². The van der Waals surface area contributed by atoms with Crippen molar-refractivity contribution in [3.05, 3.63) is 0 Å². The normalized spacial score (nSPS) is 17.8. The highest BCUT2D eigenvalue weighted by atomic mass is 16.5. The van der Waals surface area contributed by atoms with Crippen LogP contribution in [-0.2, 0) is 14.3 Å². The largest absolute Gasteiger partial charge is 0.469 e. The highest BCUT2D eigenvalue weighted by Crippen LogP contribution is 2.26. The molecule has 0 saturated carbocycles. The standard InChI is InChI=1S/C17H32N2O3/c1-5-17(6-2,12-16(21)22-4)19-15(20)11-13(3)14-7-9-18-10-8-14/h13-14,18H,5-12H2,1-4H3,(H,19,20). The molecule has 1 fully saturated rings. The van der Waals surface area contributed by atoms with E-state index < -0.39 is 5.54 Å². The number of carbonyl (C=O) groups excluding carboxylic acids is 2. The zero-order chi connectivity index (χ0) is 16.6. The predicted octanol–water partition coefficient (Wildman–Crippen LogP) is 2.25. The van der Waals surface area contributed by atoms with E-state index in [-0.39, 0.29) is 18.3 Å². The molecular weight excluding hydrogens is 280 g/mol. The molecule has 128 valence electrons. The van der Waals surface area contributed by atoms with Gasteiger partial charge in [-0.3, -0.25) is 9.59 Å². The van der Waals surface area contributed by atoms with Crippen LogP contribution in [0, 0.1) is 11.8 Å². The molecule has 0 aliphatic carbocycles. The Morgan fingerprint density at radius 3 is 2.36 bits per heavy atom. The number of esters is 1. The molecule has 1 aliphatic rings. The summed E-state index contributed by atoms with van der Waals surface area (Å²) >= 11 is 0. The first-order chi connectivity index (χ1) is 10.5. The minimum Gasteiger partial charge on any atom is -0.469 e.